The molecule has 14 aromatic rings. The van der Waals surface area contributed by atoms with E-state index >= 15 is 0 Å². The lowest BCUT2D eigenvalue weighted by molar-refractivity contribution is 0.669. The van der Waals surface area contributed by atoms with Crippen LogP contribution in [0.5, 0.6) is 0 Å². The Kier molecular flexibility index (Phi) is 8.50. The maximum Gasteiger partial charge on any atom is 0.137 e. The molecule has 0 radical (unpaired) electrons. The van der Waals surface area contributed by atoms with Crippen LogP contribution >= 0.6 is 0 Å². The molecule has 0 unspecified atom stereocenters. The van der Waals surface area contributed by atoms with Crippen molar-refractivity contribution in [3.05, 3.63) is 236 Å². The second kappa shape index (κ2) is 15.1. The second-order valence-electron chi connectivity index (χ2n) is 18.0. The Balaban J connectivity index is 0.883. The molecular formula is C65H41NO2. The standard InChI is InChI=1S/C65H41NO2/c1-40-13-8-28-61-65(40)59-34-31-47(39-64(59)67-61)66(60-36-45-15-3-5-20-49(45)53-21-6-7-22-56(53)60)46-30-33-58-57-32-29-43(37-62(57)68-63(58)38-46)42-17-9-18-44(35-42)50-23-11-26-55-52(50)25-12-27-54(55)51-24-10-16-41-14-2-4-19-48(41)51/h2-39H,1H3. The Morgan fingerprint density at radius 2 is 0.824 bits per heavy atom. The average molecular weight is 868 g/mol. The van der Waals surface area contributed by atoms with Crippen LogP contribution in [0.2, 0.25) is 0 Å². The van der Waals surface area contributed by atoms with E-state index in [0.29, 0.717) is 0 Å². The Hall–Kier alpha value is -8.92. The number of benzene rings is 12. The summed E-state index contributed by atoms with van der Waals surface area (Å²) < 4.78 is 13.4. The Bertz CT molecular complexity index is 4360. The van der Waals surface area contributed by atoms with Gasteiger partial charge in [0.25, 0.3) is 0 Å². The fourth-order valence-corrected chi connectivity index (χ4v) is 11.0. The van der Waals surface area contributed by atoms with Gasteiger partial charge in [-0.3, -0.25) is 0 Å². The van der Waals surface area contributed by atoms with E-state index < -0.39 is 0 Å². The number of hydrogen-bond donors (Lipinski definition) is 0. The summed E-state index contributed by atoms with van der Waals surface area (Å²) in [6.07, 6.45) is 0. The van der Waals surface area contributed by atoms with E-state index in [1.165, 1.54) is 65.5 Å². The summed E-state index contributed by atoms with van der Waals surface area (Å²) in [7, 11) is 0. The summed E-state index contributed by atoms with van der Waals surface area (Å²) in [5.74, 6) is 0. The van der Waals surface area contributed by atoms with Gasteiger partial charge in [0.2, 0.25) is 0 Å². The first-order chi connectivity index (χ1) is 33.6. The van der Waals surface area contributed by atoms with Gasteiger partial charge in [-0.05, 0) is 138 Å². The van der Waals surface area contributed by atoms with Crippen molar-refractivity contribution in [1.82, 2.24) is 0 Å². The summed E-state index contributed by atoms with van der Waals surface area (Å²) in [5, 5.41) is 14.2. The molecule has 2 aromatic heterocycles. The van der Waals surface area contributed by atoms with Gasteiger partial charge in [0, 0.05) is 50.4 Å². The van der Waals surface area contributed by atoms with Gasteiger partial charge in [0.1, 0.15) is 22.3 Å². The number of rotatable bonds is 6. The number of fused-ring (bicyclic) bond motifs is 11. The number of nitrogens with zero attached hydrogens (tertiary/aromatic N) is 1. The van der Waals surface area contributed by atoms with Crippen LogP contribution in [0.1, 0.15) is 5.56 Å². The molecule has 0 N–H and O–H groups in total. The van der Waals surface area contributed by atoms with E-state index in [4.69, 9.17) is 8.83 Å². The molecule has 0 spiro atoms. The number of hydrogen-bond acceptors (Lipinski definition) is 3. The topological polar surface area (TPSA) is 29.5 Å². The Labute approximate surface area is 392 Å². The molecule has 0 aliphatic rings. The van der Waals surface area contributed by atoms with Crippen molar-refractivity contribution in [2.45, 2.75) is 6.92 Å². The van der Waals surface area contributed by atoms with Crippen molar-refractivity contribution in [2.75, 3.05) is 4.90 Å². The second-order valence-corrected chi connectivity index (χ2v) is 18.0. The number of anilines is 3. The van der Waals surface area contributed by atoms with E-state index in [-0.39, 0.29) is 0 Å². The molecule has 0 fully saturated rings. The van der Waals surface area contributed by atoms with Crippen LogP contribution in [0, 0.1) is 6.92 Å². The molecule has 0 atom stereocenters. The van der Waals surface area contributed by atoms with Crippen molar-refractivity contribution in [2.24, 2.45) is 0 Å². The summed E-state index contributed by atoms with van der Waals surface area (Å²) in [6.45, 7) is 2.15. The molecule has 14 rings (SSSR count). The highest BCUT2D eigenvalue weighted by Crippen LogP contribution is 2.46. The molecule has 0 saturated carbocycles. The minimum atomic E-state index is 0.830. The fourth-order valence-electron chi connectivity index (χ4n) is 11.0. The predicted octanol–water partition coefficient (Wildman–Crippen LogP) is 18.9. The summed E-state index contributed by atoms with van der Waals surface area (Å²) in [4.78, 5) is 2.36. The van der Waals surface area contributed by atoms with E-state index in [1.54, 1.807) is 0 Å². The Morgan fingerprint density at radius 3 is 1.65 bits per heavy atom. The lowest BCUT2D eigenvalue weighted by atomic mass is 9.90. The van der Waals surface area contributed by atoms with Crippen molar-refractivity contribution < 1.29 is 8.83 Å². The van der Waals surface area contributed by atoms with Gasteiger partial charge in [0.05, 0.1) is 5.69 Å². The summed E-state index contributed by atoms with van der Waals surface area (Å²) in [5.41, 5.74) is 14.8. The average Bonchev–Trinajstić information content (AvgIpc) is 3.96. The largest absolute Gasteiger partial charge is 0.456 e. The lowest BCUT2D eigenvalue weighted by Gasteiger charge is -2.27. The molecule has 12 aromatic carbocycles. The molecule has 318 valence electrons. The minimum absolute atomic E-state index is 0.830. The van der Waals surface area contributed by atoms with Crippen LogP contribution in [0.15, 0.2) is 239 Å². The molecule has 0 aliphatic heterocycles. The molecule has 0 bridgehead atoms. The fraction of sp³-hybridized carbons (Fsp3) is 0.0154. The molecule has 0 saturated heterocycles. The third-order valence-corrected chi connectivity index (χ3v) is 14.2. The van der Waals surface area contributed by atoms with Crippen LogP contribution in [0.25, 0.3) is 120 Å². The van der Waals surface area contributed by atoms with Gasteiger partial charge >= 0.3 is 0 Å². The Morgan fingerprint density at radius 1 is 0.294 bits per heavy atom. The third-order valence-electron chi connectivity index (χ3n) is 14.2. The summed E-state index contributed by atoms with van der Waals surface area (Å²) in [6, 6.07) is 83.4. The quantitative estimate of drug-likeness (QED) is 0.156. The highest BCUT2D eigenvalue weighted by molar-refractivity contribution is 6.16. The van der Waals surface area contributed by atoms with Gasteiger partial charge in [-0.1, -0.05) is 164 Å². The van der Waals surface area contributed by atoms with E-state index in [0.717, 1.165) is 77.5 Å². The lowest BCUT2D eigenvalue weighted by Crippen LogP contribution is -2.10. The normalized spacial score (nSPS) is 11.9. The molecule has 68 heavy (non-hydrogen) atoms. The zero-order valence-electron chi connectivity index (χ0n) is 37.2. The zero-order valence-corrected chi connectivity index (χ0v) is 37.2. The van der Waals surface area contributed by atoms with Crippen LogP contribution in [0.3, 0.4) is 0 Å². The molecule has 0 amide bonds. The highest BCUT2D eigenvalue weighted by Gasteiger charge is 2.21. The van der Waals surface area contributed by atoms with Gasteiger partial charge in [-0.15, -0.1) is 0 Å². The van der Waals surface area contributed by atoms with Gasteiger partial charge in [-0.2, -0.15) is 0 Å². The first kappa shape index (κ1) is 38.4. The molecular weight excluding hydrogens is 827 g/mol. The van der Waals surface area contributed by atoms with Crippen LogP contribution in [-0.4, -0.2) is 0 Å². The third kappa shape index (κ3) is 5.99. The molecule has 3 nitrogen and oxygen atoms in total. The van der Waals surface area contributed by atoms with Crippen LogP contribution < -0.4 is 4.90 Å². The van der Waals surface area contributed by atoms with E-state index in [2.05, 4.69) is 242 Å². The molecule has 3 heteroatoms. The monoisotopic (exact) mass is 867 g/mol. The maximum atomic E-state index is 6.87. The summed E-state index contributed by atoms with van der Waals surface area (Å²) >= 11 is 0. The van der Waals surface area contributed by atoms with Crippen LogP contribution in [0.4, 0.5) is 17.1 Å². The van der Waals surface area contributed by atoms with Crippen molar-refractivity contribution in [1.29, 1.82) is 0 Å². The highest BCUT2D eigenvalue weighted by atomic mass is 16.3. The molecule has 2 heterocycles. The van der Waals surface area contributed by atoms with E-state index in [9.17, 15) is 0 Å². The van der Waals surface area contributed by atoms with Gasteiger partial charge in [-0.25, -0.2) is 0 Å². The number of aryl methyl sites for hydroxylation is 1. The zero-order chi connectivity index (χ0) is 44.9. The molecule has 0 aliphatic carbocycles. The SMILES string of the molecule is Cc1cccc2oc3cc(N(c4ccc5c(c4)oc4cc(-c6cccc(-c7cccc8c(-c9cccc%10ccccc9%10)cccc78)c6)ccc45)c4cc5ccccc5c5ccccc45)ccc3c12. The first-order valence-corrected chi connectivity index (χ1v) is 23.3. The van der Waals surface area contributed by atoms with Crippen molar-refractivity contribution >= 4 is 104 Å². The predicted molar refractivity (Wildman–Crippen MR) is 287 cm³/mol. The number of furan rings is 2. The van der Waals surface area contributed by atoms with Gasteiger partial charge < -0.3 is 13.7 Å². The van der Waals surface area contributed by atoms with E-state index in [1.807, 2.05) is 0 Å². The van der Waals surface area contributed by atoms with Crippen LogP contribution in [-0.2, 0) is 0 Å². The first-order valence-electron chi connectivity index (χ1n) is 23.3. The smallest absolute Gasteiger partial charge is 0.137 e. The maximum absolute atomic E-state index is 6.87. The van der Waals surface area contributed by atoms with Gasteiger partial charge in [0.15, 0.2) is 0 Å². The van der Waals surface area contributed by atoms with Crippen molar-refractivity contribution in [3.8, 4) is 33.4 Å². The minimum Gasteiger partial charge on any atom is -0.456 e. The van der Waals surface area contributed by atoms with Crippen molar-refractivity contribution in [3.63, 3.8) is 0 Å².